The number of carbonyl (C=O) groups is 1. The summed E-state index contributed by atoms with van der Waals surface area (Å²) in [5, 5.41) is 9.97. The fraction of sp³-hybridized carbons (Fsp3) is 0.680. The van der Waals surface area contributed by atoms with Gasteiger partial charge < -0.3 is 5.32 Å². The zero-order valence-electron chi connectivity index (χ0n) is 18.6. The first-order chi connectivity index (χ1) is 13.8. The fourth-order valence-corrected chi connectivity index (χ4v) is 6.30. The second-order valence-electron chi connectivity index (χ2n) is 10.4. The number of nitrogens with zero attached hydrogens (tertiary/aromatic N) is 2. The summed E-state index contributed by atoms with van der Waals surface area (Å²) in [4.78, 5) is 13.3. The molecule has 0 saturated heterocycles. The second kappa shape index (κ2) is 7.77. The van der Waals surface area contributed by atoms with Crippen molar-refractivity contribution in [3.63, 3.8) is 0 Å². The highest BCUT2D eigenvalue weighted by Gasteiger charge is 2.60. The molecule has 1 aliphatic heterocycles. The van der Waals surface area contributed by atoms with Gasteiger partial charge in [0.1, 0.15) is 0 Å². The van der Waals surface area contributed by atoms with Crippen molar-refractivity contribution in [1.82, 2.24) is 10.3 Å². The molecule has 1 N–H and O–H groups in total. The Bertz CT molecular complexity index is 767. The summed E-state index contributed by atoms with van der Waals surface area (Å²) in [6.07, 6.45) is 8.30. The quantitative estimate of drug-likeness (QED) is 0.595. The largest absolute Gasteiger partial charge is 0.338 e. The number of carbonyl (C=O) groups excluding carboxylic acids is 1. The SMILES string of the molecule is CCCCCC1=NN(C(=O)N[C@@H]2C(C)(C)[C@@H]3CC[C@@]2(C)C3)CC1c1ccccc1. The maximum absolute atomic E-state index is 13.3. The van der Waals surface area contributed by atoms with Crippen LogP contribution < -0.4 is 5.32 Å². The number of hydrogen-bond acceptors (Lipinski definition) is 2. The highest BCUT2D eigenvalue weighted by molar-refractivity contribution is 5.94. The molecule has 2 aliphatic carbocycles. The van der Waals surface area contributed by atoms with Gasteiger partial charge in [-0.15, -0.1) is 0 Å². The van der Waals surface area contributed by atoms with E-state index >= 15 is 0 Å². The number of benzene rings is 1. The van der Waals surface area contributed by atoms with Gasteiger partial charge in [-0.25, -0.2) is 9.80 Å². The number of fused-ring (bicyclic) bond motifs is 2. The number of hydrogen-bond donors (Lipinski definition) is 1. The molecule has 1 aromatic carbocycles. The van der Waals surface area contributed by atoms with E-state index in [1.54, 1.807) is 5.01 Å². The fourth-order valence-electron chi connectivity index (χ4n) is 6.30. The molecule has 4 nitrogen and oxygen atoms in total. The van der Waals surface area contributed by atoms with E-state index in [9.17, 15) is 4.79 Å². The van der Waals surface area contributed by atoms with E-state index in [0.717, 1.165) is 18.8 Å². The van der Waals surface area contributed by atoms with Crippen LogP contribution in [0.5, 0.6) is 0 Å². The van der Waals surface area contributed by atoms with Crippen LogP contribution in [0.15, 0.2) is 35.4 Å². The number of amides is 2. The summed E-state index contributed by atoms with van der Waals surface area (Å²) >= 11 is 0. The molecule has 4 heteroatoms. The third-order valence-electron chi connectivity index (χ3n) is 8.02. The molecule has 1 unspecified atom stereocenters. The first kappa shape index (κ1) is 20.4. The van der Waals surface area contributed by atoms with Crippen molar-refractivity contribution in [3.8, 4) is 0 Å². The van der Waals surface area contributed by atoms with E-state index in [2.05, 4.69) is 63.3 Å². The number of hydrazone groups is 1. The van der Waals surface area contributed by atoms with E-state index in [1.807, 2.05) is 0 Å². The van der Waals surface area contributed by atoms with Crippen LogP contribution in [0.25, 0.3) is 0 Å². The molecule has 158 valence electrons. The summed E-state index contributed by atoms with van der Waals surface area (Å²) in [6.45, 7) is 9.92. The van der Waals surface area contributed by atoms with Gasteiger partial charge in [0, 0.05) is 17.7 Å². The van der Waals surface area contributed by atoms with Gasteiger partial charge in [0.25, 0.3) is 0 Å². The molecule has 3 aliphatic rings. The molecular weight excluding hydrogens is 358 g/mol. The molecule has 4 rings (SSSR count). The monoisotopic (exact) mass is 395 g/mol. The van der Waals surface area contributed by atoms with E-state index in [1.165, 1.54) is 43.4 Å². The van der Waals surface area contributed by atoms with Crippen LogP contribution in [0.4, 0.5) is 4.79 Å². The predicted molar refractivity (Wildman–Crippen MR) is 119 cm³/mol. The van der Waals surface area contributed by atoms with Crippen LogP contribution in [0, 0.1) is 16.7 Å². The Kier molecular flexibility index (Phi) is 5.48. The van der Waals surface area contributed by atoms with Crippen LogP contribution >= 0.6 is 0 Å². The molecule has 0 radical (unpaired) electrons. The zero-order chi connectivity index (χ0) is 20.6. The second-order valence-corrected chi connectivity index (χ2v) is 10.4. The lowest BCUT2D eigenvalue weighted by Crippen LogP contribution is -2.54. The molecule has 2 amide bonds. The first-order valence-electron chi connectivity index (χ1n) is 11.6. The molecule has 2 saturated carbocycles. The van der Waals surface area contributed by atoms with Crippen molar-refractivity contribution in [2.75, 3.05) is 6.54 Å². The average molecular weight is 396 g/mol. The normalized spacial score (nSPS) is 32.5. The van der Waals surface area contributed by atoms with Gasteiger partial charge in [-0.1, -0.05) is 70.9 Å². The van der Waals surface area contributed by atoms with Crippen LogP contribution in [-0.2, 0) is 0 Å². The minimum absolute atomic E-state index is 0.0109. The van der Waals surface area contributed by atoms with Gasteiger partial charge in [-0.3, -0.25) is 0 Å². The molecule has 4 atom stereocenters. The highest BCUT2D eigenvalue weighted by atomic mass is 16.2. The van der Waals surface area contributed by atoms with Crippen molar-refractivity contribution in [2.45, 2.75) is 84.6 Å². The molecule has 2 fully saturated rings. The number of nitrogens with one attached hydrogen (secondary N) is 1. The molecule has 0 spiro atoms. The minimum Gasteiger partial charge on any atom is -0.333 e. The first-order valence-corrected chi connectivity index (χ1v) is 11.6. The Balaban J connectivity index is 1.49. The van der Waals surface area contributed by atoms with E-state index in [0.29, 0.717) is 6.54 Å². The van der Waals surface area contributed by atoms with Crippen molar-refractivity contribution in [3.05, 3.63) is 35.9 Å². The molecule has 29 heavy (non-hydrogen) atoms. The maximum atomic E-state index is 13.3. The maximum Gasteiger partial charge on any atom is 0.338 e. The van der Waals surface area contributed by atoms with Crippen molar-refractivity contribution < 1.29 is 4.79 Å². The highest BCUT2D eigenvalue weighted by Crippen LogP contribution is 2.62. The van der Waals surface area contributed by atoms with Gasteiger partial charge in [0.2, 0.25) is 0 Å². The summed E-state index contributed by atoms with van der Waals surface area (Å²) in [5.74, 6) is 0.948. The van der Waals surface area contributed by atoms with E-state index in [4.69, 9.17) is 5.10 Å². The Labute approximate surface area is 176 Å². The topological polar surface area (TPSA) is 44.7 Å². The molecule has 1 aromatic rings. The minimum atomic E-state index is -0.0109. The number of urea groups is 1. The third kappa shape index (κ3) is 3.71. The van der Waals surface area contributed by atoms with Crippen molar-refractivity contribution in [1.29, 1.82) is 0 Å². The van der Waals surface area contributed by atoms with Gasteiger partial charge in [-0.05, 0) is 54.4 Å². The van der Waals surface area contributed by atoms with Crippen LogP contribution in [-0.4, -0.2) is 29.3 Å². The predicted octanol–water partition coefficient (Wildman–Crippen LogP) is 5.95. The molecule has 1 heterocycles. The van der Waals surface area contributed by atoms with Gasteiger partial charge in [0.05, 0.1) is 6.54 Å². The summed E-state index contributed by atoms with van der Waals surface area (Å²) in [7, 11) is 0. The lowest BCUT2D eigenvalue weighted by atomic mass is 9.68. The van der Waals surface area contributed by atoms with Gasteiger partial charge >= 0.3 is 6.03 Å². The van der Waals surface area contributed by atoms with Crippen LogP contribution in [0.2, 0.25) is 0 Å². The van der Waals surface area contributed by atoms with Crippen LogP contribution in [0.1, 0.15) is 84.1 Å². The van der Waals surface area contributed by atoms with Crippen molar-refractivity contribution >= 4 is 11.7 Å². The zero-order valence-corrected chi connectivity index (χ0v) is 18.6. The van der Waals surface area contributed by atoms with E-state index in [-0.39, 0.29) is 28.8 Å². The van der Waals surface area contributed by atoms with E-state index < -0.39 is 0 Å². The lowest BCUT2D eigenvalue weighted by molar-refractivity contribution is 0.106. The Morgan fingerprint density at radius 1 is 1.21 bits per heavy atom. The van der Waals surface area contributed by atoms with Gasteiger partial charge in [0.15, 0.2) is 0 Å². The number of rotatable bonds is 6. The average Bonchev–Trinajstić information content (AvgIpc) is 3.35. The Hall–Kier alpha value is -1.84. The molecule has 2 bridgehead atoms. The summed E-state index contributed by atoms with van der Waals surface area (Å²) in [5.41, 5.74) is 2.83. The number of unbranched alkanes of at least 4 members (excludes halogenated alkanes) is 2. The molecule has 0 aromatic heterocycles. The summed E-state index contributed by atoms with van der Waals surface area (Å²) < 4.78 is 0. The van der Waals surface area contributed by atoms with Gasteiger partial charge in [-0.2, -0.15) is 5.10 Å². The lowest BCUT2D eigenvalue weighted by Gasteiger charge is -2.43. The standard InChI is InChI=1S/C25H37N3O/c1-5-6-8-13-21-20(18-11-9-7-10-12-18)17-28(27-21)23(29)26-22-24(2,3)19-14-15-25(22,4)16-19/h7,9-12,19-20,22H,5-6,8,13-17H2,1-4H3,(H,26,29)/t19-,20?,22-,25+/m1/s1. The smallest absolute Gasteiger partial charge is 0.333 e. The molecular formula is C25H37N3O. The Morgan fingerprint density at radius 2 is 1.97 bits per heavy atom. The third-order valence-corrected chi connectivity index (χ3v) is 8.02. The Morgan fingerprint density at radius 3 is 2.62 bits per heavy atom. The summed E-state index contributed by atoms with van der Waals surface area (Å²) in [6, 6.07) is 10.8. The van der Waals surface area contributed by atoms with Crippen molar-refractivity contribution in [2.24, 2.45) is 21.8 Å². The van der Waals surface area contributed by atoms with Crippen LogP contribution in [0.3, 0.4) is 0 Å².